The number of benzene rings is 1. The molecule has 1 N–H and O–H groups in total. The number of nitrogens with zero attached hydrogens (tertiary/aromatic N) is 3. The van der Waals surface area contributed by atoms with E-state index in [1.807, 2.05) is 0 Å². The van der Waals surface area contributed by atoms with Crippen molar-refractivity contribution in [2.24, 2.45) is 0 Å². The molecule has 2 aromatic rings. The number of aromatic nitrogens is 2. The van der Waals surface area contributed by atoms with Gasteiger partial charge >= 0.3 is 0 Å². The van der Waals surface area contributed by atoms with Gasteiger partial charge in [0, 0.05) is 42.9 Å². The Bertz CT molecular complexity index is 827. The fourth-order valence-corrected chi connectivity index (χ4v) is 3.34. The molecule has 26 heavy (non-hydrogen) atoms. The lowest BCUT2D eigenvalue weighted by molar-refractivity contribution is 0.0297. The second-order valence-corrected chi connectivity index (χ2v) is 6.42. The number of carbonyl (C=O) groups excluding carboxylic acids is 2. The molecule has 0 unspecified atom stereocenters. The van der Waals surface area contributed by atoms with Gasteiger partial charge < -0.3 is 14.5 Å². The SMILES string of the molecule is O=C(c1ccc(F)cc1)N1CCc2[nH]nc(C(=O)N3CCOCC3)c2C1. The van der Waals surface area contributed by atoms with Crippen LogP contribution in [0.15, 0.2) is 24.3 Å². The van der Waals surface area contributed by atoms with Gasteiger partial charge in [-0.15, -0.1) is 0 Å². The number of hydrogen-bond donors (Lipinski definition) is 1. The van der Waals surface area contributed by atoms with Crippen molar-refractivity contribution in [3.63, 3.8) is 0 Å². The van der Waals surface area contributed by atoms with Gasteiger partial charge in [0.15, 0.2) is 5.69 Å². The first-order chi connectivity index (χ1) is 12.6. The summed E-state index contributed by atoms with van der Waals surface area (Å²) in [5, 5.41) is 7.14. The molecule has 1 saturated heterocycles. The first kappa shape index (κ1) is 16.7. The summed E-state index contributed by atoms with van der Waals surface area (Å²) in [6, 6.07) is 5.49. The fraction of sp³-hybridized carbons (Fsp3) is 0.389. The minimum atomic E-state index is -0.379. The Morgan fingerprint density at radius 1 is 1.04 bits per heavy atom. The third-order valence-corrected chi connectivity index (χ3v) is 4.81. The van der Waals surface area contributed by atoms with Crippen LogP contribution in [0.5, 0.6) is 0 Å². The number of rotatable bonds is 2. The third-order valence-electron chi connectivity index (χ3n) is 4.81. The molecule has 7 nitrogen and oxygen atoms in total. The van der Waals surface area contributed by atoms with Gasteiger partial charge in [-0.25, -0.2) is 4.39 Å². The highest BCUT2D eigenvalue weighted by atomic mass is 19.1. The molecule has 0 bridgehead atoms. The van der Waals surface area contributed by atoms with Crippen LogP contribution in [0.3, 0.4) is 0 Å². The average molecular weight is 358 g/mol. The number of nitrogens with one attached hydrogen (secondary N) is 1. The molecule has 0 radical (unpaired) electrons. The van der Waals surface area contributed by atoms with Crippen molar-refractivity contribution in [3.05, 3.63) is 52.6 Å². The number of ether oxygens (including phenoxy) is 1. The highest BCUT2D eigenvalue weighted by Crippen LogP contribution is 2.23. The van der Waals surface area contributed by atoms with Crippen LogP contribution in [-0.4, -0.2) is 64.7 Å². The molecule has 0 saturated carbocycles. The van der Waals surface area contributed by atoms with Crippen LogP contribution in [0, 0.1) is 5.82 Å². The third kappa shape index (κ3) is 3.08. The highest BCUT2D eigenvalue weighted by molar-refractivity contribution is 5.96. The van der Waals surface area contributed by atoms with E-state index in [1.165, 1.54) is 24.3 Å². The van der Waals surface area contributed by atoms with Crippen LogP contribution < -0.4 is 0 Å². The molecule has 8 heteroatoms. The number of amides is 2. The zero-order valence-electron chi connectivity index (χ0n) is 14.2. The Morgan fingerprint density at radius 3 is 2.50 bits per heavy atom. The van der Waals surface area contributed by atoms with Crippen molar-refractivity contribution in [1.82, 2.24) is 20.0 Å². The van der Waals surface area contributed by atoms with Gasteiger partial charge in [0.25, 0.3) is 11.8 Å². The van der Waals surface area contributed by atoms with Gasteiger partial charge in [0.05, 0.1) is 19.8 Å². The molecule has 2 aliphatic heterocycles. The molecular weight excluding hydrogens is 339 g/mol. The summed E-state index contributed by atoms with van der Waals surface area (Å²) in [5.74, 6) is -0.695. The van der Waals surface area contributed by atoms with E-state index in [-0.39, 0.29) is 17.6 Å². The number of morpholine rings is 1. The first-order valence-electron chi connectivity index (χ1n) is 8.61. The maximum absolute atomic E-state index is 13.1. The Morgan fingerprint density at radius 2 is 1.77 bits per heavy atom. The largest absolute Gasteiger partial charge is 0.378 e. The van der Waals surface area contributed by atoms with Crippen molar-refractivity contribution in [3.8, 4) is 0 Å². The molecule has 0 aliphatic carbocycles. The number of fused-ring (bicyclic) bond motifs is 1. The topological polar surface area (TPSA) is 78.5 Å². The predicted molar refractivity (Wildman–Crippen MR) is 90.2 cm³/mol. The summed E-state index contributed by atoms with van der Waals surface area (Å²) >= 11 is 0. The van der Waals surface area contributed by atoms with E-state index in [0.717, 1.165) is 11.3 Å². The lowest BCUT2D eigenvalue weighted by atomic mass is 10.0. The second kappa shape index (κ2) is 6.87. The average Bonchev–Trinajstić information content (AvgIpc) is 3.11. The lowest BCUT2D eigenvalue weighted by Crippen LogP contribution is -2.42. The fourth-order valence-electron chi connectivity index (χ4n) is 3.34. The standard InChI is InChI=1S/C18H19FN4O3/c19-13-3-1-12(2-4-13)17(24)23-6-5-15-14(11-23)16(21-20-15)18(25)22-7-9-26-10-8-22/h1-4H,5-11H2,(H,20,21). The second-order valence-electron chi connectivity index (χ2n) is 6.42. The Kier molecular flexibility index (Phi) is 4.42. The van der Waals surface area contributed by atoms with Crippen molar-refractivity contribution in [1.29, 1.82) is 0 Å². The van der Waals surface area contributed by atoms with Gasteiger partial charge in [-0.3, -0.25) is 14.7 Å². The van der Waals surface area contributed by atoms with E-state index in [0.29, 0.717) is 57.1 Å². The van der Waals surface area contributed by atoms with Crippen LogP contribution in [0.1, 0.15) is 32.1 Å². The zero-order valence-corrected chi connectivity index (χ0v) is 14.2. The Balaban J connectivity index is 1.54. The maximum Gasteiger partial charge on any atom is 0.274 e. The molecule has 4 rings (SSSR count). The first-order valence-corrected chi connectivity index (χ1v) is 8.61. The Hall–Kier alpha value is -2.74. The van der Waals surface area contributed by atoms with E-state index >= 15 is 0 Å². The normalized spacial score (nSPS) is 17.1. The number of carbonyl (C=O) groups is 2. The number of H-pyrrole nitrogens is 1. The van der Waals surface area contributed by atoms with Crippen molar-refractivity contribution < 1.29 is 18.7 Å². The number of aromatic amines is 1. The monoisotopic (exact) mass is 358 g/mol. The maximum atomic E-state index is 13.1. The van der Waals surface area contributed by atoms with Gasteiger partial charge in [0.1, 0.15) is 5.82 Å². The van der Waals surface area contributed by atoms with Crippen LogP contribution in [0.25, 0.3) is 0 Å². The van der Waals surface area contributed by atoms with Gasteiger partial charge in [0.2, 0.25) is 0 Å². The Labute approximate surface area is 149 Å². The van der Waals surface area contributed by atoms with Gasteiger partial charge in [-0.05, 0) is 24.3 Å². The van der Waals surface area contributed by atoms with Gasteiger partial charge in [-0.1, -0.05) is 0 Å². The lowest BCUT2D eigenvalue weighted by Gasteiger charge is -2.29. The van der Waals surface area contributed by atoms with Crippen molar-refractivity contribution >= 4 is 11.8 Å². The molecule has 136 valence electrons. The van der Waals surface area contributed by atoms with Crippen LogP contribution in [-0.2, 0) is 17.7 Å². The number of hydrogen-bond acceptors (Lipinski definition) is 4. The summed E-state index contributed by atoms with van der Waals surface area (Å²) in [6.07, 6.45) is 0.603. The summed E-state index contributed by atoms with van der Waals surface area (Å²) in [4.78, 5) is 28.8. The predicted octanol–water partition coefficient (Wildman–Crippen LogP) is 1.22. The summed E-state index contributed by atoms with van der Waals surface area (Å²) < 4.78 is 18.4. The molecule has 0 spiro atoms. The number of halogens is 1. The zero-order chi connectivity index (χ0) is 18.1. The van der Waals surface area contributed by atoms with Crippen molar-refractivity contribution in [2.45, 2.75) is 13.0 Å². The summed E-state index contributed by atoms with van der Waals surface area (Å²) in [5.41, 5.74) is 2.46. The minimum absolute atomic E-state index is 0.137. The molecule has 3 heterocycles. The van der Waals surface area contributed by atoms with E-state index in [1.54, 1.807) is 9.80 Å². The van der Waals surface area contributed by atoms with E-state index < -0.39 is 0 Å². The molecule has 2 aliphatic rings. The molecule has 1 aromatic carbocycles. The van der Waals surface area contributed by atoms with Crippen LogP contribution in [0.2, 0.25) is 0 Å². The van der Waals surface area contributed by atoms with Gasteiger partial charge in [-0.2, -0.15) is 5.10 Å². The molecule has 0 atom stereocenters. The highest BCUT2D eigenvalue weighted by Gasteiger charge is 2.30. The van der Waals surface area contributed by atoms with E-state index in [2.05, 4.69) is 10.2 Å². The summed E-state index contributed by atoms with van der Waals surface area (Å²) in [7, 11) is 0. The molecule has 1 fully saturated rings. The summed E-state index contributed by atoms with van der Waals surface area (Å²) in [6.45, 7) is 2.96. The molecule has 2 amide bonds. The smallest absolute Gasteiger partial charge is 0.274 e. The quantitative estimate of drug-likeness (QED) is 0.876. The van der Waals surface area contributed by atoms with Crippen LogP contribution in [0.4, 0.5) is 4.39 Å². The minimum Gasteiger partial charge on any atom is -0.378 e. The van der Waals surface area contributed by atoms with Crippen LogP contribution >= 0.6 is 0 Å². The van der Waals surface area contributed by atoms with Crippen molar-refractivity contribution in [2.75, 3.05) is 32.8 Å². The van der Waals surface area contributed by atoms with E-state index in [4.69, 9.17) is 4.74 Å². The molecule has 1 aromatic heterocycles. The van der Waals surface area contributed by atoms with E-state index in [9.17, 15) is 14.0 Å². The molecular formula is C18H19FN4O3.